The summed E-state index contributed by atoms with van der Waals surface area (Å²) in [6.07, 6.45) is -4.57. The number of alkyl halides is 3. The Morgan fingerprint density at radius 3 is 2.55 bits per heavy atom. The number of anilines is 2. The van der Waals surface area contributed by atoms with E-state index in [0.29, 0.717) is 24.2 Å². The molecule has 1 unspecified atom stereocenters. The van der Waals surface area contributed by atoms with Gasteiger partial charge in [0.1, 0.15) is 12.3 Å². The van der Waals surface area contributed by atoms with E-state index in [4.69, 9.17) is 4.74 Å². The van der Waals surface area contributed by atoms with E-state index < -0.39 is 41.9 Å². The minimum absolute atomic E-state index is 0.125. The van der Waals surface area contributed by atoms with Crippen molar-refractivity contribution in [3.05, 3.63) is 53.6 Å². The quantitative estimate of drug-likeness (QED) is 0.682. The summed E-state index contributed by atoms with van der Waals surface area (Å²) in [5.41, 5.74) is -0.803. The third kappa shape index (κ3) is 4.87. The highest BCUT2D eigenvalue weighted by Gasteiger charge is 2.35. The van der Waals surface area contributed by atoms with Crippen molar-refractivity contribution >= 4 is 29.0 Å². The van der Waals surface area contributed by atoms with Gasteiger partial charge in [-0.2, -0.15) is 13.2 Å². The van der Waals surface area contributed by atoms with Crippen molar-refractivity contribution in [3.63, 3.8) is 0 Å². The molecule has 1 heterocycles. The largest absolute Gasteiger partial charge is 0.479 e. The molecule has 0 saturated carbocycles. The molecule has 1 aliphatic rings. The second kappa shape index (κ2) is 8.79. The van der Waals surface area contributed by atoms with Gasteiger partial charge in [0.05, 0.1) is 16.9 Å². The first-order valence-electron chi connectivity index (χ1n) is 9.73. The summed E-state index contributed by atoms with van der Waals surface area (Å²) in [4.78, 5) is 38.6. The van der Waals surface area contributed by atoms with E-state index in [9.17, 15) is 27.6 Å². The van der Waals surface area contributed by atoms with Crippen LogP contribution in [0.1, 0.15) is 42.6 Å². The number of Topliss-reactive ketones (excluding diaryl/α,β-unsaturated/α-hetero) is 1. The van der Waals surface area contributed by atoms with Crippen molar-refractivity contribution in [2.45, 2.75) is 39.0 Å². The average Bonchev–Trinajstić information content (AvgIpc) is 2.71. The number of carbonyl (C=O) groups is 3. The van der Waals surface area contributed by atoms with Crippen LogP contribution in [0, 0.1) is 0 Å². The molecule has 0 radical (unpaired) electrons. The number of rotatable bonds is 6. The molecule has 0 aliphatic carbocycles. The Bertz CT molecular complexity index is 1020. The topological polar surface area (TPSA) is 75.7 Å². The summed E-state index contributed by atoms with van der Waals surface area (Å²) < 4.78 is 45.1. The van der Waals surface area contributed by atoms with Crippen LogP contribution in [0.3, 0.4) is 0 Å². The van der Waals surface area contributed by atoms with Crippen LogP contribution >= 0.6 is 0 Å². The van der Waals surface area contributed by atoms with Gasteiger partial charge < -0.3 is 10.1 Å². The average molecular weight is 434 g/mol. The van der Waals surface area contributed by atoms with Crippen LogP contribution in [0.2, 0.25) is 0 Å². The lowest BCUT2D eigenvalue weighted by atomic mass is 10.0. The molecule has 1 aliphatic heterocycles. The van der Waals surface area contributed by atoms with Crippen LogP contribution in [0.15, 0.2) is 42.5 Å². The van der Waals surface area contributed by atoms with E-state index in [2.05, 4.69) is 5.32 Å². The van der Waals surface area contributed by atoms with Gasteiger partial charge in [-0.25, -0.2) is 0 Å². The van der Waals surface area contributed by atoms with Gasteiger partial charge in [-0.1, -0.05) is 19.1 Å². The lowest BCUT2D eigenvalue weighted by Gasteiger charge is -2.33. The maximum Gasteiger partial charge on any atom is 0.418 e. The van der Waals surface area contributed by atoms with Crippen molar-refractivity contribution in [3.8, 4) is 5.75 Å². The van der Waals surface area contributed by atoms with Gasteiger partial charge in [0.2, 0.25) is 5.91 Å². The Hall–Kier alpha value is -3.36. The summed E-state index contributed by atoms with van der Waals surface area (Å²) >= 11 is 0. The molecule has 1 N–H and O–H groups in total. The van der Waals surface area contributed by atoms with Crippen LogP contribution in [-0.4, -0.2) is 30.2 Å². The summed E-state index contributed by atoms with van der Waals surface area (Å²) in [6, 6.07) is 9.18. The minimum Gasteiger partial charge on any atom is -0.479 e. The molecular weight excluding hydrogens is 413 g/mol. The maximum atomic E-state index is 13.2. The molecule has 2 aromatic carbocycles. The third-order valence-corrected chi connectivity index (χ3v) is 4.77. The standard InChI is InChI=1S/C22H21F3N2O4/c1-3-6-18(28)14-9-10-19-17(11-14)27(21(30)13(2)31-19)12-20(29)26-16-8-5-4-7-15(16)22(23,24)25/h4-5,7-11,13H,3,6,12H2,1-2H3,(H,26,29). The molecule has 2 aromatic rings. The normalized spacial score (nSPS) is 15.8. The van der Waals surface area contributed by atoms with Crippen LogP contribution in [0.25, 0.3) is 0 Å². The van der Waals surface area contributed by atoms with Crippen LogP contribution in [-0.2, 0) is 15.8 Å². The zero-order valence-electron chi connectivity index (χ0n) is 17.0. The third-order valence-electron chi connectivity index (χ3n) is 4.77. The van der Waals surface area contributed by atoms with E-state index >= 15 is 0 Å². The number of nitrogens with one attached hydrogen (secondary N) is 1. The fourth-order valence-corrected chi connectivity index (χ4v) is 3.29. The van der Waals surface area contributed by atoms with Crippen LogP contribution < -0.4 is 15.0 Å². The first-order chi connectivity index (χ1) is 14.6. The summed E-state index contributed by atoms with van der Waals surface area (Å²) in [7, 11) is 0. The van der Waals surface area contributed by atoms with Crippen molar-refractivity contribution in [2.75, 3.05) is 16.8 Å². The van der Waals surface area contributed by atoms with E-state index in [1.54, 1.807) is 12.1 Å². The number of carbonyl (C=O) groups excluding carboxylic acids is 3. The summed E-state index contributed by atoms with van der Waals surface area (Å²) in [5.74, 6) is -1.16. The zero-order valence-corrected chi connectivity index (χ0v) is 17.0. The SMILES string of the molecule is CCCC(=O)c1ccc2c(c1)N(CC(=O)Nc1ccccc1C(F)(F)F)C(=O)C(C)O2. The molecule has 6 nitrogen and oxygen atoms in total. The molecule has 0 fully saturated rings. The highest BCUT2D eigenvalue weighted by molar-refractivity contribution is 6.07. The molecule has 0 aromatic heterocycles. The minimum atomic E-state index is -4.64. The monoisotopic (exact) mass is 434 g/mol. The molecule has 1 atom stereocenters. The number of para-hydroxylation sites is 1. The molecule has 0 saturated heterocycles. The van der Waals surface area contributed by atoms with E-state index in [-0.39, 0.29) is 11.5 Å². The van der Waals surface area contributed by atoms with E-state index in [1.807, 2.05) is 6.92 Å². The Labute approximate surface area is 177 Å². The number of fused-ring (bicyclic) bond motifs is 1. The lowest BCUT2D eigenvalue weighted by molar-refractivity contribution is -0.137. The summed E-state index contributed by atoms with van der Waals surface area (Å²) in [5, 5.41) is 2.23. The highest BCUT2D eigenvalue weighted by Crippen LogP contribution is 2.36. The molecule has 9 heteroatoms. The highest BCUT2D eigenvalue weighted by atomic mass is 19.4. The van der Waals surface area contributed by atoms with E-state index in [0.717, 1.165) is 17.0 Å². The number of nitrogens with zero attached hydrogens (tertiary/aromatic N) is 1. The number of hydrogen-bond acceptors (Lipinski definition) is 4. The van der Waals surface area contributed by atoms with Gasteiger partial charge in [-0.05, 0) is 43.7 Å². The number of ketones is 1. The molecule has 2 amide bonds. The Balaban J connectivity index is 1.88. The van der Waals surface area contributed by atoms with E-state index in [1.165, 1.54) is 25.1 Å². The van der Waals surface area contributed by atoms with Crippen LogP contribution in [0.5, 0.6) is 5.75 Å². The summed E-state index contributed by atoms with van der Waals surface area (Å²) in [6.45, 7) is 2.84. The second-order valence-corrected chi connectivity index (χ2v) is 7.13. The fourth-order valence-electron chi connectivity index (χ4n) is 3.29. The second-order valence-electron chi connectivity index (χ2n) is 7.13. The van der Waals surface area contributed by atoms with Crippen molar-refractivity contribution < 1.29 is 32.3 Å². The van der Waals surface area contributed by atoms with Crippen LogP contribution in [0.4, 0.5) is 24.5 Å². The van der Waals surface area contributed by atoms with Crippen molar-refractivity contribution in [1.29, 1.82) is 0 Å². The maximum absolute atomic E-state index is 13.2. The first-order valence-corrected chi connectivity index (χ1v) is 9.73. The Kier molecular flexibility index (Phi) is 6.33. The van der Waals surface area contributed by atoms with Gasteiger partial charge in [0.15, 0.2) is 11.9 Å². The van der Waals surface area contributed by atoms with Gasteiger partial charge in [-0.15, -0.1) is 0 Å². The first kappa shape index (κ1) is 22.3. The Morgan fingerprint density at radius 2 is 1.87 bits per heavy atom. The van der Waals surface area contributed by atoms with Gasteiger partial charge in [0.25, 0.3) is 5.91 Å². The lowest BCUT2D eigenvalue weighted by Crippen LogP contribution is -2.47. The predicted octanol–water partition coefficient (Wildman–Crippen LogP) is 4.44. The zero-order chi connectivity index (χ0) is 22.8. The molecule has 0 spiro atoms. The van der Waals surface area contributed by atoms with Gasteiger partial charge >= 0.3 is 6.18 Å². The van der Waals surface area contributed by atoms with Crippen molar-refractivity contribution in [2.24, 2.45) is 0 Å². The fraction of sp³-hybridized carbons (Fsp3) is 0.318. The van der Waals surface area contributed by atoms with Gasteiger partial charge in [-0.3, -0.25) is 19.3 Å². The van der Waals surface area contributed by atoms with Crippen molar-refractivity contribution in [1.82, 2.24) is 0 Å². The number of amides is 2. The molecule has 31 heavy (non-hydrogen) atoms. The smallest absolute Gasteiger partial charge is 0.418 e. The molecule has 164 valence electrons. The molecular formula is C22H21F3N2O4. The number of ether oxygens (including phenoxy) is 1. The number of benzene rings is 2. The predicted molar refractivity (Wildman–Crippen MR) is 108 cm³/mol. The molecule has 3 rings (SSSR count). The Morgan fingerprint density at radius 1 is 1.16 bits per heavy atom. The van der Waals surface area contributed by atoms with Gasteiger partial charge in [0, 0.05) is 12.0 Å². The number of halogens is 3. The number of hydrogen-bond donors (Lipinski definition) is 1. The molecule has 0 bridgehead atoms.